The molecule has 0 aliphatic carbocycles. The highest BCUT2D eigenvalue weighted by Gasteiger charge is 2.23. The van der Waals surface area contributed by atoms with Gasteiger partial charge < -0.3 is 9.47 Å². The molecule has 2 aromatic carbocycles. The molecule has 0 N–H and O–H groups in total. The van der Waals surface area contributed by atoms with E-state index in [9.17, 15) is 4.79 Å². The average Bonchev–Trinajstić information content (AvgIpc) is 3.17. The van der Waals surface area contributed by atoms with Crippen LogP contribution >= 0.6 is 0 Å². The normalized spacial score (nSPS) is 12.6. The number of hydrogen-bond donors (Lipinski definition) is 0. The van der Waals surface area contributed by atoms with E-state index in [-0.39, 0.29) is 17.4 Å². The molecule has 3 aromatic rings. The number of hydrogen-bond acceptors (Lipinski definition) is 1. The lowest BCUT2D eigenvalue weighted by Crippen LogP contribution is -2.38. The first-order valence-electron chi connectivity index (χ1n) is 10.9. The molecule has 0 aliphatic rings. The van der Waals surface area contributed by atoms with Gasteiger partial charge in [0.25, 0.3) is 5.91 Å². The van der Waals surface area contributed by atoms with Gasteiger partial charge in [-0.05, 0) is 54.2 Å². The predicted molar refractivity (Wildman–Crippen MR) is 125 cm³/mol. The van der Waals surface area contributed by atoms with Crippen LogP contribution in [-0.4, -0.2) is 21.4 Å². The predicted octanol–water partition coefficient (Wildman–Crippen LogP) is 6.27. The molecule has 3 rings (SSSR count). The van der Waals surface area contributed by atoms with Crippen molar-refractivity contribution in [3.05, 3.63) is 95.3 Å². The summed E-state index contributed by atoms with van der Waals surface area (Å²) in [7, 11) is 0. The number of aromatic nitrogens is 1. The number of benzene rings is 2. The summed E-state index contributed by atoms with van der Waals surface area (Å²) in [5.41, 5.74) is 4.49. The van der Waals surface area contributed by atoms with Gasteiger partial charge in [0.15, 0.2) is 0 Å². The quantitative estimate of drug-likeness (QED) is 0.457. The van der Waals surface area contributed by atoms with Gasteiger partial charge in [-0.15, -0.1) is 0 Å². The zero-order valence-electron chi connectivity index (χ0n) is 18.9. The van der Waals surface area contributed by atoms with E-state index in [0.717, 1.165) is 24.2 Å². The average molecular weight is 403 g/mol. The number of carbonyl (C=O) groups excluding carboxylic acids is 1. The fraction of sp³-hybridized carbons (Fsp3) is 0.370. The fourth-order valence-corrected chi connectivity index (χ4v) is 3.63. The van der Waals surface area contributed by atoms with Crippen molar-refractivity contribution in [2.75, 3.05) is 0 Å². The van der Waals surface area contributed by atoms with Gasteiger partial charge in [0, 0.05) is 30.0 Å². The third-order valence-electron chi connectivity index (χ3n) is 5.83. The molecule has 30 heavy (non-hydrogen) atoms. The van der Waals surface area contributed by atoms with Crippen LogP contribution in [0.2, 0.25) is 0 Å². The zero-order chi connectivity index (χ0) is 21.7. The molecule has 0 fully saturated rings. The third-order valence-corrected chi connectivity index (χ3v) is 5.83. The second-order valence-corrected chi connectivity index (χ2v) is 9.13. The van der Waals surface area contributed by atoms with Crippen LogP contribution in [0.3, 0.4) is 0 Å². The number of amides is 1. The Balaban J connectivity index is 1.82. The van der Waals surface area contributed by atoms with Crippen molar-refractivity contribution in [3.63, 3.8) is 0 Å². The lowest BCUT2D eigenvalue weighted by molar-refractivity contribution is 0.0667. The van der Waals surface area contributed by atoms with E-state index in [1.165, 1.54) is 11.1 Å². The summed E-state index contributed by atoms with van der Waals surface area (Å²) in [5.74, 6) is 0.0947. The second-order valence-electron chi connectivity index (χ2n) is 9.13. The molecule has 1 amide bonds. The minimum atomic E-state index is 0.0796. The molecule has 0 aliphatic heterocycles. The molecule has 1 unspecified atom stereocenters. The van der Waals surface area contributed by atoms with Crippen LogP contribution in [0.25, 0.3) is 0 Å². The second kappa shape index (κ2) is 9.34. The maximum Gasteiger partial charge on any atom is 0.254 e. The molecule has 1 heterocycles. The third kappa shape index (κ3) is 5.21. The topological polar surface area (TPSA) is 25.2 Å². The highest BCUT2D eigenvalue weighted by Crippen LogP contribution is 2.23. The van der Waals surface area contributed by atoms with Crippen LogP contribution in [0.5, 0.6) is 0 Å². The smallest absolute Gasteiger partial charge is 0.254 e. The Hall–Kier alpha value is -2.81. The van der Waals surface area contributed by atoms with Crippen molar-refractivity contribution >= 4 is 5.91 Å². The van der Waals surface area contributed by atoms with Gasteiger partial charge in [0.2, 0.25) is 0 Å². The zero-order valence-corrected chi connectivity index (χ0v) is 18.9. The van der Waals surface area contributed by atoms with E-state index >= 15 is 0 Å². The number of rotatable bonds is 7. The van der Waals surface area contributed by atoms with E-state index in [1.807, 2.05) is 23.1 Å². The highest BCUT2D eigenvalue weighted by atomic mass is 16.2. The van der Waals surface area contributed by atoms with Crippen molar-refractivity contribution in [1.82, 2.24) is 9.47 Å². The number of nitrogens with zero attached hydrogens (tertiary/aromatic N) is 2. The van der Waals surface area contributed by atoms with Gasteiger partial charge in [-0.2, -0.15) is 0 Å². The van der Waals surface area contributed by atoms with Crippen molar-refractivity contribution in [1.29, 1.82) is 0 Å². The summed E-state index contributed by atoms with van der Waals surface area (Å²) < 4.78 is 2.24. The molecular formula is C27H34N2O. The molecule has 158 valence electrons. The molecule has 0 radical (unpaired) electrons. The van der Waals surface area contributed by atoms with Crippen molar-refractivity contribution in [2.24, 2.45) is 0 Å². The van der Waals surface area contributed by atoms with Gasteiger partial charge in [0.05, 0.1) is 6.54 Å². The molecule has 3 heteroatoms. The minimum Gasteiger partial charge on any atom is -0.345 e. The molecule has 0 saturated carbocycles. The maximum absolute atomic E-state index is 13.4. The first-order valence-corrected chi connectivity index (χ1v) is 10.9. The Labute approximate surface area is 181 Å². The Morgan fingerprint density at radius 2 is 1.63 bits per heavy atom. The monoisotopic (exact) mass is 402 g/mol. The van der Waals surface area contributed by atoms with Gasteiger partial charge in [-0.3, -0.25) is 4.79 Å². The minimum absolute atomic E-state index is 0.0796. The first-order chi connectivity index (χ1) is 14.3. The molecule has 1 atom stereocenters. The van der Waals surface area contributed by atoms with Crippen LogP contribution in [0.15, 0.2) is 72.9 Å². The largest absolute Gasteiger partial charge is 0.345 e. The number of carbonyl (C=O) groups is 1. The molecule has 1 aromatic heterocycles. The van der Waals surface area contributed by atoms with Crippen LogP contribution in [0.4, 0.5) is 0 Å². The summed E-state index contributed by atoms with van der Waals surface area (Å²) in [5, 5.41) is 0. The van der Waals surface area contributed by atoms with E-state index in [1.54, 1.807) is 0 Å². The van der Waals surface area contributed by atoms with Gasteiger partial charge >= 0.3 is 0 Å². The maximum atomic E-state index is 13.4. The summed E-state index contributed by atoms with van der Waals surface area (Å²) in [4.78, 5) is 15.4. The molecule has 0 saturated heterocycles. The van der Waals surface area contributed by atoms with Gasteiger partial charge in [0.1, 0.15) is 0 Å². The Morgan fingerprint density at radius 1 is 0.967 bits per heavy atom. The van der Waals surface area contributed by atoms with Crippen molar-refractivity contribution in [3.8, 4) is 0 Å². The van der Waals surface area contributed by atoms with Crippen LogP contribution < -0.4 is 0 Å². The molecular weight excluding hydrogens is 368 g/mol. The molecule has 0 spiro atoms. The summed E-state index contributed by atoms with van der Waals surface area (Å²) in [6.45, 7) is 12.3. The van der Waals surface area contributed by atoms with E-state index in [4.69, 9.17) is 0 Å². The van der Waals surface area contributed by atoms with E-state index in [2.05, 4.69) is 93.9 Å². The standard InChI is InChI=1S/C27H34N2O/c1-6-21(2)29(26(30)23-14-16-24(17-15-23)27(3,4)5)20-25-13-10-18-28(25)19-22-11-8-7-9-12-22/h7-18,21H,6,19-20H2,1-5H3. The SMILES string of the molecule is CCC(C)N(Cc1cccn1Cc1ccccc1)C(=O)c1ccc(C(C)(C)C)cc1. The summed E-state index contributed by atoms with van der Waals surface area (Å²) in [6, 6.07) is 22.9. The van der Waals surface area contributed by atoms with Gasteiger partial charge in [-0.1, -0.05) is 70.2 Å². The summed E-state index contributed by atoms with van der Waals surface area (Å²) in [6.07, 6.45) is 3.02. The van der Waals surface area contributed by atoms with Crippen molar-refractivity contribution < 1.29 is 4.79 Å². The lowest BCUT2D eigenvalue weighted by atomic mass is 9.86. The molecule has 0 bridgehead atoms. The highest BCUT2D eigenvalue weighted by molar-refractivity contribution is 5.94. The molecule has 3 nitrogen and oxygen atoms in total. The Morgan fingerprint density at radius 3 is 2.23 bits per heavy atom. The van der Waals surface area contributed by atoms with Gasteiger partial charge in [-0.25, -0.2) is 0 Å². The summed E-state index contributed by atoms with van der Waals surface area (Å²) >= 11 is 0. The van der Waals surface area contributed by atoms with Crippen LogP contribution in [-0.2, 0) is 18.5 Å². The van der Waals surface area contributed by atoms with E-state index < -0.39 is 0 Å². The first kappa shape index (κ1) is 21.9. The van der Waals surface area contributed by atoms with Crippen molar-refractivity contribution in [2.45, 2.75) is 65.6 Å². The fourth-order valence-electron chi connectivity index (χ4n) is 3.63. The lowest BCUT2D eigenvalue weighted by Gasteiger charge is -2.29. The van der Waals surface area contributed by atoms with E-state index in [0.29, 0.717) is 6.54 Å². The Kier molecular flexibility index (Phi) is 6.81. The van der Waals surface area contributed by atoms with Crippen LogP contribution in [0, 0.1) is 0 Å². The Bertz CT molecular complexity index is 949. The van der Waals surface area contributed by atoms with Crippen LogP contribution in [0.1, 0.15) is 68.2 Å².